The Balaban J connectivity index is 0.911. The number of nitrogens with zero attached hydrogens (tertiary/aromatic N) is 5. The summed E-state index contributed by atoms with van der Waals surface area (Å²) in [6, 6.07) is 16.5. The molecule has 3 aromatic carbocycles. The van der Waals surface area contributed by atoms with Crippen molar-refractivity contribution in [3.63, 3.8) is 0 Å². The highest BCUT2D eigenvalue weighted by Crippen LogP contribution is 2.42. The molecule has 300 valence electrons. The molecule has 4 heterocycles. The fourth-order valence-corrected chi connectivity index (χ4v) is 7.52. The van der Waals surface area contributed by atoms with E-state index in [0.29, 0.717) is 17.1 Å². The van der Waals surface area contributed by atoms with Gasteiger partial charge in [-0.1, -0.05) is 12.1 Å². The summed E-state index contributed by atoms with van der Waals surface area (Å²) in [6.07, 6.45) is 1.56. The van der Waals surface area contributed by atoms with Gasteiger partial charge in [0.05, 0.1) is 54.6 Å². The lowest BCUT2D eigenvalue weighted by Gasteiger charge is -2.29. The molecule has 18 heteroatoms. The molecular formula is C41H34FN7O9S. The van der Waals surface area contributed by atoms with Gasteiger partial charge in [-0.3, -0.25) is 48.9 Å². The van der Waals surface area contributed by atoms with Crippen LogP contribution in [-0.2, 0) is 19.2 Å². The van der Waals surface area contributed by atoms with Gasteiger partial charge < -0.3 is 24.4 Å². The van der Waals surface area contributed by atoms with Crippen molar-refractivity contribution in [3.8, 4) is 28.5 Å². The van der Waals surface area contributed by atoms with E-state index in [0.717, 1.165) is 15.4 Å². The molecule has 2 N–H and O–H groups in total. The standard InChI is InChI=1S/C41H34FN7O9S/c1-41(2)39(55)48(28-15-14-27(43-3)35(56-4)34(28)42)40(59)49(41)23-10-13-26(45-20-23)22-8-11-24(12-9-22)57-19-18-44-32(51)21-58-30-7-5-6-25-33(30)38(54)47(37(25)53)29-16-17-31(50)46-36(29)52/h5-15,20,29H,16-19,21H2,1-2,4H3,(H,44,51)(H,46,50,52). The van der Waals surface area contributed by atoms with Crippen molar-refractivity contribution in [3.05, 3.63) is 101 Å². The zero-order valence-corrected chi connectivity index (χ0v) is 32.6. The first kappa shape index (κ1) is 40.0. The summed E-state index contributed by atoms with van der Waals surface area (Å²) >= 11 is 5.69. The number of pyridine rings is 1. The van der Waals surface area contributed by atoms with Gasteiger partial charge in [-0.2, -0.15) is 0 Å². The normalized spacial score (nSPS) is 17.1. The average molecular weight is 820 g/mol. The molecular weight excluding hydrogens is 786 g/mol. The Morgan fingerprint density at radius 1 is 1.03 bits per heavy atom. The Morgan fingerprint density at radius 3 is 2.47 bits per heavy atom. The second-order valence-corrected chi connectivity index (χ2v) is 14.3. The summed E-state index contributed by atoms with van der Waals surface area (Å²) in [5.41, 5.74) is 0.495. The third-order valence-electron chi connectivity index (χ3n) is 9.93. The zero-order chi connectivity index (χ0) is 42.2. The third kappa shape index (κ3) is 7.27. The highest BCUT2D eigenvalue weighted by molar-refractivity contribution is 7.81. The van der Waals surface area contributed by atoms with E-state index >= 15 is 4.39 Å². The molecule has 1 unspecified atom stereocenters. The number of fused-ring (bicyclic) bond motifs is 1. The van der Waals surface area contributed by atoms with E-state index in [1.807, 2.05) is 0 Å². The van der Waals surface area contributed by atoms with Gasteiger partial charge in [0.2, 0.25) is 17.5 Å². The predicted molar refractivity (Wildman–Crippen MR) is 213 cm³/mol. The monoisotopic (exact) mass is 819 g/mol. The molecule has 1 atom stereocenters. The van der Waals surface area contributed by atoms with Crippen LogP contribution in [0.3, 0.4) is 0 Å². The van der Waals surface area contributed by atoms with E-state index in [-0.39, 0.29) is 65.1 Å². The number of benzene rings is 3. The zero-order valence-electron chi connectivity index (χ0n) is 31.7. The summed E-state index contributed by atoms with van der Waals surface area (Å²) in [4.78, 5) is 87.8. The van der Waals surface area contributed by atoms with Gasteiger partial charge in [-0.25, -0.2) is 9.24 Å². The predicted octanol–water partition coefficient (Wildman–Crippen LogP) is 4.34. The van der Waals surface area contributed by atoms with E-state index in [9.17, 15) is 28.8 Å². The molecule has 6 amide bonds. The van der Waals surface area contributed by atoms with Crippen LogP contribution in [-0.4, -0.2) is 88.9 Å². The van der Waals surface area contributed by atoms with Crippen LogP contribution in [0, 0.1) is 12.4 Å². The van der Waals surface area contributed by atoms with Gasteiger partial charge in [0.15, 0.2) is 23.3 Å². The first-order valence-electron chi connectivity index (χ1n) is 18.1. The summed E-state index contributed by atoms with van der Waals surface area (Å²) < 4.78 is 32.0. The molecule has 7 rings (SSSR count). The van der Waals surface area contributed by atoms with Crippen molar-refractivity contribution in [2.24, 2.45) is 0 Å². The quantitative estimate of drug-likeness (QED) is 0.0895. The smallest absolute Gasteiger partial charge is 0.266 e. The van der Waals surface area contributed by atoms with Gasteiger partial charge >= 0.3 is 0 Å². The van der Waals surface area contributed by atoms with E-state index in [1.54, 1.807) is 61.3 Å². The molecule has 0 bridgehead atoms. The summed E-state index contributed by atoms with van der Waals surface area (Å²) in [5.74, 6) is -4.24. The number of hydrogen-bond acceptors (Lipinski definition) is 11. The van der Waals surface area contributed by atoms with Gasteiger partial charge in [0.25, 0.3) is 23.6 Å². The van der Waals surface area contributed by atoms with Crippen LogP contribution >= 0.6 is 12.2 Å². The maximum atomic E-state index is 15.5. The van der Waals surface area contributed by atoms with Crippen molar-refractivity contribution in [2.75, 3.05) is 36.7 Å². The number of carbonyl (C=O) groups is 6. The van der Waals surface area contributed by atoms with Gasteiger partial charge in [-0.15, -0.1) is 0 Å². The van der Waals surface area contributed by atoms with Crippen LogP contribution in [0.2, 0.25) is 0 Å². The van der Waals surface area contributed by atoms with Gasteiger partial charge in [0.1, 0.15) is 29.7 Å². The number of methoxy groups -OCH3 is 1. The second kappa shape index (κ2) is 15.9. The van der Waals surface area contributed by atoms with Crippen molar-refractivity contribution in [1.82, 2.24) is 20.5 Å². The van der Waals surface area contributed by atoms with Crippen LogP contribution < -0.4 is 34.6 Å². The molecule has 3 aliphatic heterocycles. The van der Waals surface area contributed by atoms with E-state index in [1.165, 1.54) is 37.4 Å². The molecule has 0 saturated carbocycles. The molecule has 16 nitrogen and oxygen atoms in total. The average Bonchev–Trinajstić information content (AvgIpc) is 3.58. The van der Waals surface area contributed by atoms with Crippen LogP contribution in [0.15, 0.2) is 72.9 Å². The fraction of sp³-hybridized carbons (Fsp3) is 0.244. The van der Waals surface area contributed by atoms with Crippen molar-refractivity contribution in [1.29, 1.82) is 0 Å². The van der Waals surface area contributed by atoms with Gasteiger partial charge in [-0.05, 0) is 87.1 Å². The van der Waals surface area contributed by atoms with Crippen molar-refractivity contribution in [2.45, 2.75) is 38.3 Å². The largest absolute Gasteiger partial charge is 0.505 e. The maximum Gasteiger partial charge on any atom is 0.266 e. The van der Waals surface area contributed by atoms with Crippen LogP contribution in [0.5, 0.6) is 17.2 Å². The minimum atomic E-state index is -1.20. The number of ether oxygens (including phenoxy) is 3. The van der Waals surface area contributed by atoms with Crippen LogP contribution in [0.1, 0.15) is 47.4 Å². The number of imide groups is 2. The molecule has 0 aliphatic carbocycles. The molecule has 0 radical (unpaired) electrons. The molecule has 59 heavy (non-hydrogen) atoms. The molecule has 3 aliphatic rings. The van der Waals surface area contributed by atoms with E-state index in [2.05, 4.69) is 20.5 Å². The van der Waals surface area contributed by atoms with Crippen LogP contribution in [0.4, 0.5) is 21.5 Å². The first-order valence-corrected chi connectivity index (χ1v) is 18.5. The van der Waals surface area contributed by atoms with E-state index < -0.39 is 59.4 Å². The SMILES string of the molecule is [C-]#[N+]c1ccc(N2C(=O)C(C)(C)N(c3ccc(-c4ccc(OCCNC(=O)COc5cccc6c5C(=O)N(C5CCC(=O)NC5=O)C6=O)cc4)nc3)C2=S)c(F)c1OC. The van der Waals surface area contributed by atoms with Crippen molar-refractivity contribution >= 4 is 69.8 Å². The number of anilines is 2. The lowest BCUT2D eigenvalue weighted by molar-refractivity contribution is -0.136. The number of halogens is 1. The third-order valence-corrected chi connectivity index (χ3v) is 10.3. The number of hydrogen-bond donors (Lipinski definition) is 2. The minimum Gasteiger partial charge on any atom is -0.505 e. The number of thiocarbonyl (C=S) groups is 1. The summed E-state index contributed by atoms with van der Waals surface area (Å²) in [7, 11) is 1.24. The topological polar surface area (TPSA) is 181 Å². The Labute approximate surface area is 341 Å². The number of aromatic nitrogens is 1. The lowest BCUT2D eigenvalue weighted by atomic mass is 10.0. The van der Waals surface area contributed by atoms with Gasteiger partial charge in [0, 0.05) is 12.0 Å². The Hall–Kier alpha value is -7.26. The number of nitrogens with one attached hydrogen (secondary N) is 2. The Kier molecular flexibility index (Phi) is 10.8. The Morgan fingerprint density at radius 2 is 1.80 bits per heavy atom. The first-order chi connectivity index (χ1) is 28.3. The number of piperidine rings is 1. The van der Waals surface area contributed by atoms with E-state index in [4.69, 9.17) is 33.0 Å². The number of amides is 6. The lowest BCUT2D eigenvalue weighted by Crippen LogP contribution is -2.54. The molecule has 2 fully saturated rings. The Bertz CT molecular complexity index is 2490. The molecule has 4 aromatic rings. The van der Waals surface area contributed by atoms with Crippen molar-refractivity contribution < 1.29 is 47.4 Å². The highest BCUT2D eigenvalue weighted by atomic mass is 32.1. The highest BCUT2D eigenvalue weighted by Gasteiger charge is 2.51. The number of carbonyl (C=O) groups excluding carboxylic acids is 6. The molecule has 0 spiro atoms. The summed E-state index contributed by atoms with van der Waals surface area (Å²) in [6.45, 7) is 10.4. The number of rotatable bonds is 12. The maximum absolute atomic E-state index is 15.5. The molecule has 2 saturated heterocycles. The fourth-order valence-electron chi connectivity index (χ4n) is 7.00. The van der Waals surface area contributed by atoms with Crippen LogP contribution in [0.25, 0.3) is 16.1 Å². The summed E-state index contributed by atoms with van der Waals surface area (Å²) in [5, 5.41) is 4.84. The molecule has 1 aromatic heterocycles. The minimum absolute atomic E-state index is 0.00916. The second-order valence-electron chi connectivity index (χ2n) is 13.9.